The molecular formula is C10H16. The molecule has 1 aliphatic carbocycles. The van der Waals surface area contributed by atoms with Gasteiger partial charge in [-0.15, -0.1) is 6.58 Å². The lowest BCUT2D eigenvalue weighted by Crippen LogP contribution is -2.11. The molecule has 0 aromatic rings. The molecule has 0 N–H and O–H groups in total. The SMILES string of the molecule is C=CCC1(C(C)C)C=C1C. The number of rotatable bonds is 3. The first-order valence-corrected chi connectivity index (χ1v) is 3.94. The van der Waals surface area contributed by atoms with E-state index in [0.717, 1.165) is 12.3 Å². The van der Waals surface area contributed by atoms with Crippen LogP contribution in [0.15, 0.2) is 24.3 Å². The van der Waals surface area contributed by atoms with Crippen LogP contribution in [0.4, 0.5) is 0 Å². The van der Waals surface area contributed by atoms with Crippen LogP contribution in [0.25, 0.3) is 0 Å². The summed E-state index contributed by atoms with van der Waals surface area (Å²) in [4.78, 5) is 0. The summed E-state index contributed by atoms with van der Waals surface area (Å²) in [5.41, 5.74) is 1.98. The van der Waals surface area contributed by atoms with Crippen LogP contribution in [0, 0.1) is 11.3 Å². The van der Waals surface area contributed by atoms with E-state index in [0.29, 0.717) is 5.41 Å². The van der Waals surface area contributed by atoms with Gasteiger partial charge in [0.2, 0.25) is 0 Å². The Bertz CT molecular complexity index is 174. The van der Waals surface area contributed by atoms with Crippen molar-refractivity contribution in [2.75, 3.05) is 0 Å². The second kappa shape index (κ2) is 2.26. The maximum Gasteiger partial charge on any atom is 0.0148 e. The average molecular weight is 136 g/mol. The Labute approximate surface area is 63.6 Å². The highest BCUT2D eigenvalue weighted by atomic mass is 14.5. The van der Waals surface area contributed by atoms with Crippen molar-refractivity contribution in [3.63, 3.8) is 0 Å². The molecule has 0 aliphatic heterocycles. The lowest BCUT2D eigenvalue weighted by molar-refractivity contribution is 0.394. The Morgan fingerprint density at radius 1 is 1.70 bits per heavy atom. The predicted molar refractivity (Wildman–Crippen MR) is 45.8 cm³/mol. The van der Waals surface area contributed by atoms with Crippen LogP contribution >= 0.6 is 0 Å². The molecule has 1 rings (SSSR count). The molecule has 0 heterocycles. The quantitative estimate of drug-likeness (QED) is 0.523. The minimum absolute atomic E-state index is 0.432. The summed E-state index contributed by atoms with van der Waals surface area (Å²) in [5, 5.41) is 0. The van der Waals surface area contributed by atoms with Gasteiger partial charge in [0.25, 0.3) is 0 Å². The molecule has 0 heteroatoms. The van der Waals surface area contributed by atoms with E-state index >= 15 is 0 Å². The summed E-state index contributed by atoms with van der Waals surface area (Å²) in [6.45, 7) is 10.5. The molecule has 0 radical (unpaired) electrons. The van der Waals surface area contributed by atoms with Crippen molar-refractivity contribution >= 4 is 0 Å². The minimum Gasteiger partial charge on any atom is -0.103 e. The van der Waals surface area contributed by atoms with Crippen molar-refractivity contribution < 1.29 is 0 Å². The van der Waals surface area contributed by atoms with Gasteiger partial charge in [-0.3, -0.25) is 0 Å². The fourth-order valence-corrected chi connectivity index (χ4v) is 1.67. The van der Waals surface area contributed by atoms with Crippen molar-refractivity contribution in [3.8, 4) is 0 Å². The Morgan fingerprint density at radius 3 is 2.30 bits per heavy atom. The Kier molecular flexibility index (Phi) is 1.72. The van der Waals surface area contributed by atoms with Gasteiger partial charge in [-0.25, -0.2) is 0 Å². The van der Waals surface area contributed by atoms with Crippen LogP contribution in [0.5, 0.6) is 0 Å². The van der Waals surface area contributed by atoms with E-state index in [9.17, 15) is 0 Å². The van der Waals surface area contributed by atoms with Crippen LogP contribution in [-0.2, 0) is 0 Å². The van der Waals surface area contributed by atoms with E-state index in [4.69, 9.17) is 0 Å². The lowest BCUT2D eigenvalue weighted by Gasteiger charge is -2.19. The van der Waals surface area contributed by atoms with E-state index < -0.39 is 0 Å². The summed E-state index contributed by atoms with van der Waals surface area (Å²) in [7, 11) is 0. The minimum atomic E-state index is 0.432. The largest absolute Gasteiger partial charge is 0.103 e. The summed E-state index contributed by atoms with van der Waals surface area (Å²) >= 11 is 0. The van der Waals surface area contributed by atoms with Gasteiger partial charge in [-0.2, -0.15) is 0 Å². The number of hydrogen-bond acceptors (Lipinski definition) is 0. The van der Waals surface area contributed by atoms with Crippen molar-refractivity contribution in [1.29, 1.82) is 0 Å². The van der Waals surface area contributed by atoms with E-state index in [1.165, 1.54) is 0 Å². The molecule has 0 saturated heterocycles. The second-order valence-electron chi connectivity index (χ2n) is 3.52. The fraction of sp³-hybridized carbons (Fsp3) is 0.600. The highest BCUT2D eigenvalue weighted by molar-refractivity contribution is 5.38. The molecule has 1 unspecified atom stereocenters. The van der Waals surface area contributed by atoms with E-state index in [1.807, 2.05) is 6.08 Å². The van der Waals surface area contributed by atoms with Gasteiger partial charge >= 0.3 is 0 Å². The summed E-state index contributed by atoms with van der Waals surface area (Å²) < 4.78 is 0. The average Bonchev–Trinajstić information content (AvgIpc) is 2.44. The van der Waals surface area contributed by atoms with Gasteiger partial charge in [0.1, 0.15) is 0 Å². The smallest absolute Gasteiger partial charge is 0.0148 e. The molecule has 1 aliphatic rings. The summed E-state index contributed by atoms with van der Waals surface area (Å²) in [6, 6.07) is 0. The molecule has 0 nitrogen and oxygen atoms in total. The number of allylic oxidation sites excluding steroid dienone is 3. The molecule has 0 bridgehead atoms. The molecule has 1 atom stereocenters. The van der Waals surface area contributed by atoms with Crippen LogP contribution in [0.1, 0.15) is 27.2 Å². The molecular weight excluding hydrogens is 120 g/mol. The first kappa shape index (κ1) is 7.59. The predicted octanol–water partition coefficient (Wildman–Crippen LogP) is 3.16. The van der Waals surface area contributed by atoms with Crippen molar-refractivity contribution in [2.45, 2.75) is 27.2 Å². The molecule has 0 aromatic carbocycles. The first-order chi connectivity index (χ1) is 4.63. The highest BCUT2D eigenvalue weighted by Crippen LogP contribution is 2.52. The van der Waals surface area contributed by atoms with Gasteiger partial charge in [0, 0.05) is 5.41 Å². The first-order valence-electron chi connectivity index (χ1n) is 3.94. The van der Waals surface area contributed by atoms with E-state index in [-0.39, 0.29) is 0 Å². The molecule has 0 fully saturated rings. The molecule has 0 spiro atoms. The maximum absolute atomic E-state index is 3.77. The van der Waals surface area contributed by atoms with Gasteiger partial charge in [0.15, 0.2) is 0 Å². The van der Waals surface area contributed by atoms with E-state index in [1.54, 1.807) is 5.57 Å². The molecule has 10 heavy (non-hydrogen) atoms. The second-order valence-corrected chi connectivity index (χ2v) is 3.52. The van der Waals surface area contributed by atoms with Crippen molar-refractivity contribution in [2.24, 2.45) is 11.3 Å². The Balaban J connectivity index is 2.57. The van der Waals surface area contributed by atoms with Crippen LogP contribution in [0.3, 0.4) is 0 Å². The van der Waals surface area contributed by atoms with Gasteiger partial charge < -0.3 is 0 Å². The van der Waals surface area contributed by atoms with Crippen LogP contribution < -0.4 is 0 Å². The third kappa shape index (κ3) is 0.920. The zero-order chi connectivity index (χ0) is 7.78. The monoisotopic (exact) mass is 136 g/mol. The van der Waals surface area contributed by atoms with Crippen LogP contribution in [-0.4, -0.2) is 0 Å². The Hall–Kier alpha value is -0.520. The van der Waals surface area contributed by atoms with Crippen LogP contribution in [0.2, 0.25) is 0 Å². The Morgan fingerprint density at radius 2 is 2.20 bits per heavy atom. The van der Waals surface area contributed by atoms with Gasteiger partial charge in [-0.1, -0.05) is 31.6 Å². The zero-order valence-corrected chi connectivity index (χ0v) is 7.15. The fourth-order valence-electron chi connectivity index (χ4n) is 1.67. The number of hydrogen-bond donors (Lipinski definition) is 0. The molecule has 56 valence electrons. The normalized spacial score (nSPS) is 30.2. The summed E-state index contributed by atoms with van der Waals surface area (Å²) in [5.74, 6) is 0.741. The molecule has 0 saturated carbocycles. The van der Waals surface area contributed by atoms with Crippen molar-refractivity contribution in [1.82, 2.24) is 0 Å². The van der Waals surface area contributed by atoms with Gasteiger partial charge in [-0.05, 0) is 19.3 Å². The lowest BCUT2D eigenvalue weighted by atomic mass is 9.84. The maximum atomic E-state index is 3.77. The third-order valence-electron chi connectivity index (χ3n) is 2.64. The third-order valence-corrected chi connectivity index (χ3v) is 2.64. The van der Waals surface area contributed by atoms with Crippen molar-refractivity contribution in [3.05, 3.63) is 24.3 Å². The highest BCUT2D eigenvalue weighted by Gasteiger charge is 2.42. The summed E-state index contributed by atoms with van der Waals surface area (Å²) in [6.07, 6.45) is 5.50. The zero-order valence-electron chi connectivity index (χ0n) is 7.15. The van der Waals surface area contributed by atoms with Gasteiger partial charge in [0.05, 0.1) is 0 Å². The standard InChI is InChI=1S/C10H16/c1-5-6-10(8(2)3)7-9(10)4/h5,7-8H,1,6H2,2-4H3. The molecule has 0 amide bonds. The molecule has 0 aromatic heterocycles. The topological polar surface area (TPSA) is 0 Å². The van der Waals surface area contributed by atoms with E-state index in [2.05, 4.69) is 33.4 Å².